The lowest BCUT2D eigenvalue weighted by Crippen LogP contribution is -2.24. The van der Waals surface area contributed by atoms with Crippen molar-refractivity contribution in [1.29, 1.82) is 0 Å². The van der Waals surface area contributed by atoms with Gasteiger partial charge in [0.2, 0.25) is 59.3 Å². The van der Waals surface area contributed by atoms with Crippen LogP contribution < -0.4 is 31.9 Å². The molecule has 31 nitrogen and oxygen atoms in total. The van der Waals surface area contributed by atoms with Gasteiger partial charge in [-0.2, -0.15) is 0 Å². The molecule has 12 aromatic heterocycles. The molecule has 0 radical (unpaired) electrons. The molecule has 34 heteroatoms. The number of amides is 4. The van der Waals surface area contributed by atoms with E-state index in [0.29, 0.717) is 108 Å². The summed E-state index contributed by atoms with van der Waals surface area (Å²) in [5, 5.41) is 20.3. The van der Waals surface area contributed by atoms with Crippen LogP contribution in [0.3, 0.4) is 0 Å². The molecule has 4 amide bonds. The zero-order chi connectivity index (χ0) is 103. The summed E-state index contributed by atoms with van der Waals surface area (Å²) < 4.78 is 30.3. The Balaban J connectivity index is 0.000000120. The number of halogens is 3. The van der Waals surface area contributed by atoms with E-state index in [9.17, 15) is 19.2 Å². The van der Waals surface area contributed by atoms with Gasteiger partial charge in [0.05, 0.1) is 36.4 Å². The van der Waals surface area contributed by atoms with E-state index in [1.807, 2.05) is 140 Å². The van der Waals surface area contributed by atoms with Gasteiger partial charge in [-0.05, 0) is 319 Å². The first-order chi connectivity index (χ1) is 69.9. The summed E-state index contributed by atoms with van der Waals surface area (Å²) in [5.41, 5.74) is 19.1. The van der Waals surface area contributed by atoms with Crippen LogP contribution in [0.15, 0.2) is 109 Å². The van der Waals surface area contributed by atoms with Crippen molar-refractivity contribution in [3.63, 3.8) is 0 Å². The Morgan fingerprint density at radius 3 is 1.21 bits per heavy atom. The Kier molecular flexibility index (Phi) is 33.8. The van der Waals surface area contributed by atoms with Gasteiger partial charge in [0, 0.05) is 103 Å². The van der Waals surface area contributed by atoms with Crippen LogP contribution >= 0.6 is 34.8 Å². The van der Waals surface area contributed by atoms with E-state index in [1.54, 1.807) is 6.07 Å². The lowest BCUT2D eigenvalue weighted by atomic mass is 9.92. The minimum atomic E-state index is -0.142. The Morgan fingerprint density at radius 1 is 0.404 bits per heavy atom. The molecule has 2 aliphatic heterocycles. The topological polar surface area (TPSA) is 352 Å². The van der Waals surface area contributed by atoms with Crippen LogP contribution in [0.2, 0.25) is 15.5 Å². The van der Waals surface area contributed by atoms with Crippen molar-refractivity contribution in [3.8, 4) is 0 Å². The van der Waals surface area contributed by atoms with Crippen LogP contribution in [-0.2, 0) is 39.8 Å². The number of rotatable bonds is 28. The Hall–Kier alpha value is -11.4. The highest BCUT2D eigenvalue weighted by Crippen LogP contribution is 2.46. The van der Waals surface area contributed by atoms with Crippen molar-refractivity contribution >= 4 is 161 Å². The molecular formula is C112H147Cl3N24O7. The number of ether oxygens (including phenoxy) is 3. The maximum atomic E-state index is 12.5. The summed E-state index contributed by atoms with van der Waals surface area (Å²) in [5.74, 6) is 4.92. The first kappa shape index (κ1) is 106. The van der Waals surface area contributed by atoms with Gasteiger partial charge in [-0.25, -0.2) is 59.8 Å². The molecule has 2 saturated heterocycles. The van der Waals surface area contributed by atoms with E-state index < -0.39 is 0 Å². The fourth-order valence-electron chi connectivity index (χ4n) is 20.4. The molecule has 13 aromatic rings. The summed E-state index contributed by atoms with van der Waals surface area (Å²) in [7, 11) is 0. The fraction of sp³-hybridized carbons (Fsp3) is 0.554. The number of carbonyl (C=O) groups is 4. The number of anilines is 6. The molecular weight excluding hydrogens is 1900 g/mol. The summed E-state index contributed by atoms with van der Waals surface area (Å²) in [4.78, 5) is 105. The molecule has 14 heterocycles. The van der Waals surface area contributed by atoms with E-state index in [2.05, 4.69) is 153 Å². The first-order valence-corrected chi connectivity index (χ1v) is 54.3. The zero-order valence-corrected chi connectivity index (χ0v) is 90.0. The number of imidazole rings is 6. The number of aromatic nitrogens is 18. The summed E-state index contributed by atoms with van der Waals surface area (Å²) >= 11 is 18.4. The van der Waals surface area contributed by atoms with Crippen molar-refractivity contribution in [3.05, 3.63) is 164 Å². The van der Waals surface area contributed by atoms with Gasteiger partial charge in [-0.15, -0.1) is 0 Å². The van der Waals surface area contributed by atoms with Crippen LogP contribution in [0.25, 0.3) is 67.0 Å². The Bertz CT molecular complexity index is 6750. The zero-order valence-electron chi connectivity index (χ0n) is 87.7. The molecule has 778 valence electrons. The smallest absolute Gasteiger partial charge is 0.231 e. The van der Waals surface area contributed by atoms with E-state index in [1.165, 1.54) is 77.0 Å². The highest BCUT2D eigenvalue weighted by molar-refractivity contribution is 6.30. The van der Waals surface area contributed by atoms with Gasteiger partial charge in [0.25, 0.3) is 0 Å². The Morgan fingerprint density at radius 2 is 0.801 bits per heavy atom. The van der Waals surface area contributed by atoms with Crippen molar-refractivity contribution in [2.24, 2.45) is 11.3 Å². The number of pyridine rings is 6. The van der Waals surface area contributed by atoms with Crippen molar-refractivity contribution < 1.29 is 33.4 Å². The average molecular weight is 2050 g/mol. The van der Waals surface area contributed by atoms with Gasteiger partial charge in [-0.3, -0.25) is 67.8 Å². The predicted molar refractivity (Wildman–Crippen MR) is 583 cm³/mol. The van der Waals surface area contributed by atoms with Gasteiger partial charge < -0.3 is 24.8 Å². The highest BCUT2D eigenvalue weighted by atomic mass is 35.5. The van der Waals surface area contributed by atoms with Gasteiger partial charge >= 0.3 is 0 Å². The van der Waals surface area contributed by atoms with Crippen molar-refractivity contribution in [2.75, 3.05) is 45.1 Å². The minimum Gasteiger partial charge on any atom is -0.378 e. The normalized spacial score (nSPS) is 18.1. The van der Waals surface area contributed by atoms with Crippen LogP contribution in [0, 0.1) is 52.9 Å². The molecule has 2 atom stereocenters. The largest absolute Gasteiger partial charge is 0.378 e. The molecule has 0 spiro atoms. The molecule has 9 fully saturated rings. The van der Waals surface area contributed by atoms with Gasteiger partial charge in [-0.1, -0.05) is 124 Å². The number of nitrogens with one attached hydrogen (secondary N) is 6. The van der Waals surface area contributed by atoms with Crippen LogP contribution in [-0.4, -0.2) is 147 Å². The molecule has 0 bridgehead atoms. The molecule has 7 aliphatic carbocycles. The van der Waals surface area contributed by atoms with E-state index >= 15 is 0 Å². The van der Waals surface area contributed by atoms with Crippen molar-refractivity contribution in [1.82, 2.24) is 87.2 Å². The lowest BCUT2D eigenvalue weighted by Gasteiger charge is -2.29. The first-order valence-electron chi connectivity index (χ1n) is 53.2. The number of fused-ring (bicyclic) bond motifs is 6. The van der Waals surface area contributed by atoms with E-state index in [-0.39, 0.29) is 52.5 Å². The third-order valence-corrected chi connectivity index (χ3v) is 30.0. The number of carbonyl (C=O) groups excluding carboxylic acids is 4. The summed E-state index contributed by atoms with van der Waals surface area (Å²) in [6.45, 7) is 38.5. The third-order valence-electron chi connectivity index (χ3n) is 29.4. The van der Waals surface area contributed by atoms with E-state index in [0.717, 1.165) is 258 Å². The van der Waals surface area contributed by atoms with Crippen LogP contribution in [0.1, 0.15) is 343 Å². The van der Waals surface area contributed by atoms with Crippen LogP contribution in [0.5, 0.6) is 0 Å². The lowest BCUT2D eigenvalue weighted by molar-refractivity contribution is -0.118. The van der Waals surface area contributed by atoms with Crippen LogP contribution in [0.4, 0.5) is 35.7 Å². The second-order valence-corrected chi connectivity index (χ2v) is 45.6. The second-order valence-electron chi connectivity index (χ2n) is 44.4. The highest BCUT2D eigenvalue weighted by Gasteiger charge is 2.37. The summed E-state index contributed by atoms with van der Waals surface area (Å²) in [6, 6.07) is 29.6. The molecule has 1 aromatic carbocycles. The predicted octanol–water partition coefficient (Wildman–Crippen LogP) is 26.5. The summed E-state index contributed by atoms with van der Waals surface area (Å²) in [6.07, 6.45) is 36.2. The maximum absolute atomic E-state index is 12.5. The monoisotopic (exact) mass is 2050 g/mol. The van der Waals surface area contributed by atoms with Crippen molar-refractivity contribution in [2.45, 2.75) is 375 Å². The molecule has 7 saturated carbocycles. The molecule has 1 unspecified atom stereocenters. The Labute approximate surface area is 871 Å². The third kappa shape index (κ3) is 26.7. The molecule has 22 rings (SSSR count). The van der Waals surface area contributed by atoms with Gasteiger partial charge in [0.1, 0.15) is 48.6 Å². The molecule has 9 aliphatic rings. The number of nitrogens with zero attached hydrogens (tertiary/aromatic N) is 18. The molecule has 146 heavy (non-hydrogen) atoms. The number of benzene rings is 1. The molecule has 6 N–H and O–H groups in total. The fourth-order valence-corrected chi connectivity index (χ4v) is 21.0. The number of hydrogen-bond donors (Lipinski definition) is 6. The average Bonchev–Trinajstić information content (AvgIpc) is 1.62. The van der Waals surface area contributed by atoms with E-state index in [4.69, 9.17) is 64.0 Å². The maximum Gasteiger partial charge on any atom is 0.231 e. The number of hydrogen-bond acceptors (Lipinski definition) is 21. The quantitative estimate of drug-likeness (QED) is 0.0248. The number of aryl methyl sites for hydroxylation is 6. The standard InChI is InChI=1S/C20H28N4O.C19H19ClN4O.C19H27ClN4O.C19H26N4O.C18H24N4O2.C17H23ClN4O/c1-13-8-9-17-18(21-13)24(15-6-5-7-15)19(23-17)22-14(2)12-16-10-11-20(3,4)25-16;1-12-4-2-5-13(10-12)11-17(25)23-19-21-15-8-9-16(20)22-18(15)24(19)14-6-3-7-14;1-12-11-15(20)22-17-16(12)23-18(24(17)14-7-6-8-14)21-13(2)9-10-25-19(3,4)5;1-13-9-11-16-18(20-13)23(15-7-4-8-15)19(21-16)22-17(24)12-10-14-5-2-3-6-14;1-12-7-9-15-17(19-12)22(13-4-2-5-13)18(20-15)21-16(23)10-8-14-6-3-11-24-14;1-10-8-12(18)19-15-14(10)21-16(22(15)11-6-5-7-11)20-13(23)9-17(2,3)4/h8-9,15-16H,2,5-7,10-12H2,1,3-4H3,(H,22,23);2,4-5,8-10,14H,3,6-7,11H2,1H3,(H,21,23,25);11,14H,2,6-10H2,1,3-5H3,(H,21,23);9,11,14-15H,2-8,10,12H2,1H3,(H,21,22,24);7,9,13-14H,2-6,8,10-11H2,1H3,(H,20,21,23);8,11H,5-7,9H2,1-4H3,(H,20,21,23)/t16-;;;;;/m0...../s1. The SMILES string of the molecule is C=C(CCOC(C)(C)C)Nc1nc2c(C)cc(Cl)nc2n1C1CCC1.C=C(C[C@@H]1CCC(C)(C)O1)Nc1nc2ccc(C)nc2n1C1CCC1.Cc1cc(Cl)nc2c1nc(NC(=O)CC(C)(C)C)n2C1CCC1.Cc1ccc2nc(NC(=O)CCC3CCCC3)n(C3CCC3)c2n1.Cc1ccc2nc(NC(=O)CCC3CCCO3)n(C3CCC3)c2n1.Cc1cccc(CC(=O)Nc2nc3ccc(Cl)nc3n2C2CCC2)c1. The van der Waals surface area contributed by atoms with Gasteiger partial charge in [0.15, 0.2) is 33.9 Å². The minimum absolute atomic E-state index is 0.00846. The second kappa shape index (κ2) is 46.6.